The van der Waals surface area contributed by atoms with Crippen molar-refractivity contribution in [3.63, 3.8) is 0 Å². The fraction of sp³-hybridized carbons (Fsp3) is 0.0435. The molecule has 1 N–H and O–H groups in total. The Balaban J connectivity index is 1.89. The molecule has 0 fully saturated rings. The highest BCUT2D eigenvalue weighted by molar-refractivity contribution is 9.10. The van der Waals surface area contributed by atoms with Crippen molar-refractivity contribution >= 4 is 41.7 Å². The van der Waals surface area contributed by atoms with Gasteiger partial charge in [0, 0.05) is 24.0 Å². The van der Waals surface area contributed by atoms with Gasteiger partial charge in [0.2, 0.25) is 0 Å². The molecule has 3 aromatic carbocycles. The zero-order valence-corrected chi connectivity index (χ0v) is 21.1. The predicted molar refractivity (Wildman–Crippen MR) is 128 cm³/mol. The number of benzene rings is 3. The van der Waals surface area contributed by atoms with Crippen molar-refractivity contribution in [1.29, 1.82) is 0 Å². The summed E-state index contributed by atoms with van der Waals surface area (Å²) in [5, 5.41) is 0. The topological polar surface area (TPSA) is 85.2 Å². The van der Waals surface area contributed by atoms with Gasteiger partial charge >= 0.3 is 0 Å². The van der Waals surface area contributed by atoms with Crippen LogP contribution in [0.2, 0.25) is 0 Å². The molecule has 0 saturated heterocycles. The molecular weight excluding hydrogens is 569 g/mol. The monoisotopic (exact) mass is 584 g/mol. The van der Waals surface area contributed by atoms with Gasteiger partial charge in [0.15, 0.2) is 0 Å². The second-order valence-corrected chi connectivity index (χ2v) is 11.9. The van der Waals surface area contributed by atoms with E-state index < -0.39 is 48.1 Å². The van der Waals surface area contributed by atoms with E-state index in [1.807, 2.05) is 4.72 Å². The summed E-state index contributed by atoms with van der Waals surface area (Å²) in [5.74, 6) is -2.68. The Morgan fingerprint density at radius 2 is 1.54 bits per heavy atom. The van der Waals surface area contributed by atoms with Gasteiger partial charge in [-0.25, -0.2) is 34.0 Å². The first-order valence-electron chi connectivity index (χ1n) is 9.86. The standard InChI is InChI=1S/C23H16BrF3N2O4S2/c1-14-5-7-17(8-6-14)35(32,33)29-12-18(15-3-2-4-16(25)9-15)23(13-29)34(30,31)28-22-11-20(26)19(24)10-21(22)27/h2-13,28H,1H3. The number of sulfonamides is 1. The maximum atomic E-state index is 14.3. The second-order valence-electron chi connectivity index (χ2n) is 7.55. The highest BCUT2D eigenvalue weighted by atomic mass is 79.9. The Kier molecular flexibility index (Phi) is 6.56. The second kappa shape index (κ2) is 9.17. The molecule has 182 valence electrons. The van der Waals surface area contributed by atoms with E-state index in [4.69, 9.17) is 0 Å². The first kappa shape index (κ1) is 25.0. The summed E-state index contributed by atoms with van der Waals surface area (Å²) in [6.07, 6.45) is 1.85. The lowest BCUT2D eigenvalue weighted by Crippen LogP contribution is -2.15. The molecule has 4 rings (SSSR count). The fourth-order valence-electron chi connectivity index (χ4n) is 3.27. The van der Waals surface area contributed by atoms with Gasteiger partial charge in [-0.3, -0.25) is 4.72 Å². The molecular formula is C23H16BrF3N2O4S2. The number of aryl methyl sites for hydroxylation is 1. The number of aromatic nitrogens is 1. The molecule has 0 saturated carbocycles. The van der Waals surface area contributed by atoms with E-state index in [1.165, 1.54) is 24.3 Å². The van der Waals surface area contributed by atoms with Gasteiger partial charge in [-0.05, 0) is 58.7 Å². The number of rotatable bonds is 6. The van der Waals surface area contributed by atoms with Crippen molar-refractivity contribution in [2.45, 2.75) is 16.7 Å². The van der Waals surface area contributed by atoms with Crippen LogP contribution in [0.1, 0.15) is 5.56 Å². The summed E-state index contributed by atoms with van der Waals surface area (Å²) in [4.78, 5) is -0.691. The summed E-state index contributed by atoms with van der Waals surface area (Å²) in [7, 11) is -8.90. The van der Waals surface area contributed by atoms with Crippen molar-refractivity contribution < 1.29 is 30.0 Å². The quantitative estimate of drug-likeness (QED) is 0.295. The van der Waals surface area contributed by atoms with Gasteiger partial charge in [-0.1, -0.05) is 29.8 Å². The van der Waals surface area contributed by atoms with Crippen LogP contribution in [0.25, 0.3) is 11.1 Å². The molecule has 0 unspecified atom stereocenters. The Morgan fingerprint density at radius 3 is 2.20 bits per heavy atom. The summed E-state index contributed by atoms with van der Waals surface area (Å²) in [6.45, 7) is 1.77. The molecule has 1 aromatic heterocycles. The number of halogens is 4. The van der Waals surface area contributed by atoms with Gasteiger partial charge < -0.3 is 0 Å². The van der Waals surface area contributed by atoms with Crippen LogP contribution in [0, 0.1) is 24.4 Å². The molecule has 12 heteroatoms. The van der Waals surface area contributed by atoms with Crippen LogP contribution in [0.4, 0.5) is 18.9 Å². The Morgan fingerprint density at radius 1 is 0.857 bits per heavy atom. The lowest BCUT2D eigenvalue weighted by atomic mass is 10.1. The molecule has 0 bridgehead atoms. The van der Waals surface area contributed by atoms with E-state index in [0.717, 1.165) is 36.2 Å². The molecule has 6 nitrogen and oxygen atoms in total. The zero-order chi connectivity index (χ0) is 25.5. The molecule has 0 aliphatic heterocycles. The highest BCUT2D eigenvalue weighted by Crippen LogP contribution is 2.33. The van der Waals surface area contributed by atoms with Crippen molar-refractivity contribution in [3.05, 3.63) is 101 Å². The van der Waals surface area contributed by atoms with E-state index in [1.54, 1.807) is 19.1 Å². The summed E-state index contributed by atoms with van der Waals surface area (Å²) in [6, 6.07) is 12.1. The number of anilines is 1. The van der Waals surface area contributed by atoms with Gasteiger partial charge in [0.1, 0.15) is 22.3 Å². The largest absolute Gasteiger partial charge is 0.276 e. The van der Waals surface area contributed by atoms with Crippen molar-refractivity contribution in [2.24, 2.45) is 0 Å². The van der Waals surface area contributed by atoms with E-state index in [9.17, 15) is 30.0 Å². The lowest BCUT2D eigenvalue weighted by molar-refractivity contribution is 0.587. The fourth-order valence-corrected chi connectivity index (χ4v) is 6.13. The maximum Gasteiger partial charge on any atom is 0.267 e. The van der Waals surface area contributed by atoms with Gasteiger partial charge in [0.25, 0.3) is 20.0 Å². The third-order valence-electron chi connectivity index (χ3n) is 5.04. The summed E-state index contributed by atoms with van der Waals surface area (Å²) < 4.78 is 97.4. The minimum atomic E-state index is -4.67. The summed E-state index contributed by atoms with van der Waals surface area (Å²) in [5.41, 5.74) is 0.0227. The average molecular weight is 585 g/mol. The smallest absolute Gasteiger partial charge is 0.267 e. The molecule has 35 heavy (non-hydrogen) atoms. The zero-order valence-electron chi connectivity index (χ0n) is 17.8. The molecule has 0 spiro atoms. The maximum absolute atomic E-state index is 14.3. The van der Waals surface area contributed by atoms with Crippen LogP contribution in [0.5, 0.6) is 0 Å². The Hall–Kier alpha value is -3.09. The number of nitrogens with zero attached hydrogens (tertiary/aromatic N) is 1. The number of hydrogen-bond donors (Lipinski definition) is 1. The number of nitrogens with one attached hydrogen (secondary N) is 1. The summed E-state index contributed by atoms with van der Waals surface area (Å²) >= 11 is 2.81. The first-order chi connectivity index (χ1) is 16.4. The van der Waals surface area contributed by atoms with Gasteiger partial charge in [-0.2, -0.15) is 0 Å². The average Bonchev–Trinajstić information content (AvgIpc) is 3.25. The van der Waals surface area contributed by atoms with Crippen LogP contribution in [0.3, 0.4) is 0 Å². The van der Waals surface area contributed by atoms with Crippen molar-refractivity contribution in [1.82, 2.24) is 3.97 Å². The van der Waals surface area contributed by atoms with Crippen LogP contribution in [-0.4, -0.2) is 20.8 Å². The van der Waals surface area contributed by atoms with E-state index in [-0.39, 0.29) is 20.5 Å². The van der Waals surface area contributed by atoms with Crippen molar-refractivity contribution in [3.8, 4) is 11.1 Å². The number of hydrogen-bond acceptors (Lipinski definition) is 4. The molecule has 1 heterocycles. The van der Waals surface area contributed by atoms with Crippen LogP contribution in [-0.2, 0) is 20.0 Å². The van der Waals surface area contributed by atoms with E-state index in [2.05, 4.69) is 15.9 Å². The highest BCUT2D eigenvalue weighted by Gasteiger charge is 2.28. The molecule has 0 aliphatic carbocycles. The Labute approximate surface area is 208 Å². The normalized spacial score (nSPS) is 12.0. The SMILES string of the molecule is Cc1ccc(S(=O)(=O)n2cc(-c3cccc(F)c3)c(S(=O)(=O)Nc3cc(F)c(Br)cc3F)c2)cc1. The predicted octanol–water partition coefficient (Wildman–Crippen LogP) is 5.68. The van der Waals surface area contributed by atoms with Crippen LogP contribution < -0.4 is 4.72 Å². The van der Waals surface area contributed by atoms with Crippen LogP contribution >= 0.6 is 15.9 Å². The molecule has 0 radical (unpaired) electrons. The van der Waals surface area contributed by atoms with E-state index in [0.29, 0.717) is 10.0 Å². The van der Waals surface area contributed by atoms with Crippen molar-refractivity contribution in [2.75, 3.05) is 4.72 Å². The lowest BCUT2D eigenvalue weighted by Gasteiger charge is -2.10. The first-order valence-corrected chi connectivity index (χ1v) is 13.6. The third kappa shape index (κ3) is 5.00. The minimum Gasteiger partial charge on any atom is -0.276 e. The minimum absolute atomic E-state index is 0.0608. The third-order valence-corrected chi connectivity index (χ3v) is 8.68. The molecule has 4 aromatic rings. The molecule has 0 aliphatic rings. The van der Waals surface area contributed by atoms with Crippen LogP contribution in [0.15, 0.2) is 87.3 Å². The Bertz CT molecular complexity index is 1650. The van der Waals surface area contributed by atoms with Gasteiger partial charge in [0.05, 0.1) is 15.1 Å². The molecule has 0 amide bonds. The van der Waals surface area contributed by atoms with Gasteiger partial charge in [-0.15, -0.1) is 0 Å². The molecule has 0 atom stereocenters. The van der Waals surface area contributed by atoms with E-state index >= 15 is 0 Å².